The first-order valence-corrected chi connectivity index (χ1v) is 6.59. The van der Waals surface area contributed by atoms with E-state index < -0.39 is 0 Å². The van der Waals surface area contributed by atoms with Gasteiger partial charge in [-0.3, -0.25) is 4.79 Å². The summed E-state index contributed by atoms with van der Waals surface area (Å²) in [6, 6.07) is 11.2. The van der Waals surface area contributed by atoms with E-state index in [0.29, 0.717) is 18.5 Å². The van der Waals surface area contributed by atoms with Crippen LogP contribution in [-0.4, -0.2) is 18.1 Å². The van der Waals surface area contributed by atoms with Gasteiger partial charge in [0.15, 0.2) is 0 Å². The Bertz CT molecular complexity index is 627. The summed E-state index contributed by atoms with van der Waals surface area (Å²) in [6.07, 6.45) is 0.335. The molecule has 5 heteroatoms. The van der Waals surface area contributed by atoms with Crippen LogP contribution in [0.15, 0.2) is 42.5 Å². The molecule has 2 aromatic rings. The van der Waals surface area contributed by atoms with Gasteiger partial charge in [-0.05, 0) is 35.9 Å². The van der Waals surface area contributed by atoms with Crippen molar-refractivity contribution in [1.29, 1.82) is 0 Å². The highest BCUT2D eigenvalue weighted by Gasteiger charge is 2.04. The maximum absolute atomic E-state index is 13.1. The Hall–Kier alpha value is -2.56. The van der Waals surface area contributed by atoms with Crippen LogP contribution in [0.1, 0.15) is 11.1 Å². The summed E-state index contributed by atoms with van der Waals surface area (Å²) in [5.74, 6) is -0.369. The van der Waals surface area contributed by atoms with Gasteiger partial charge in [0.1, 0.15) is 11.6 Å². The van der Waals surface area contributed by atoms with E-state index in [-0.39, 0.29) is 17.5 Å². The van der Waals surface area contributed by atoms with Gasteiger partial charge in [-0.2, -0.15) is 0 Å². The predicted octanol–water partition coefficient (Wildman–Crippen LogP) is 2.43. The normalized spacial score (nSPS) is 10.2. The van der Waals surface area contributed by atoms with Crippen molar-refractivity contribution in [3.8, 4) is 5.75 Å². The number of hydrogen-bond donors (Lipinski definition) is 3. The molecule has 0 aliphatic heterocycles. The van der Waals surface area contributed by atoms with Gasteiger partial charge >= 0.3 is 0 Å². The Labute approximate surface area is 122 Å². The number of nitrogens with one attached hydrogen (secondary N) is 2. The molecule has 4 nitrogen and oxygen atoms in total. The van der Waals surface area contributed by atoms with E-state index in [2.05, 4.69) is 10.6 Å². The number of carbonyl (C=O) groups excluding carboxylic acids is 1. The molecule has 0 unspecified atom stereocenters. The fourth-order valence-corrected chi connectivity index (χ4v) is 1.91. The summed E-state index contributed by atoms with van der Waals surface area (Å²) in [7, 11) is 1.60. The van der Waals surface area contributed by atoms with Gasteiger partial charge in [-0.1, -0.05) is 12.1 Å². The number of hydrogen-bond acceptors (Lipinski definition) is 3. The number of rotatable bonds is 5. The molecule has 2 aromatic carbocycles. The summed E-state index contributed by atoms with van der Waals surface area (Å²) in [4.78, 5) is 11.3. The third-order valence-electron chi connectivity index (χ3n) is 3.12. The van der Waals surface area contributed by atoms with Crippen molar-refractivity contribution in [1.82, 2.24) is 5.32 Å². The van der Waals surface area contributed by atoms with Crippen LogP contribution in [-0.2, 0) is 17.8 Å². The Kier molecular flexibility index (Phi) is 4.77. The summed E-state index contributed by atoms with van der Waals surface area (Å²) in [5.41, 5.74) is 2.23. The molecule has 0 spiro atoms. The number of aromatic hydroxyl groups is 1. The highest BCUT2D eigenvalue weighted by atomic mass is 19.1. The van der Waals surface area contributed by atoms with Crippen LogP contribution in [0.3, 0.4) is 0 Å². The molecule has 1 amide bonds. The third kappa shape index (κ3) is 4.21. The molecule has 0 fully saturated rings. The molecule has 0 aromatic heterocycles. The first-order chi connectivity index (χ1) is 10.1. The fourth-order valence-electron chi connectivity index (χ4n) is 1.91. The zero-order valence-corrected chi connectivity index (χ0v) is 11.7. The van der Waals surface area contributed by atoms with E-state index in [9.17, 15) is 14.3 Å². The van der Waals surface area contributed by atoms with E-state index in [1.807, 2.05) is 24.3 Å². The van der Waals surface area contributed by atoms with Crippen LogP contribution in [0.5, 0.6) is 5.75 Å². The SMILES string of the molecule is CNC(=O)Cc1ccc(NCc2cc(F)ccc2O)cc1. The first-order valence-electron chi connectivity index (χ1n) is 6.59. The number of amides is 1. The second-order valence-electron chi connectivity index (χ2n) is 4.67. The molecule has 21 heavy (non-hydrogen) atoms. The van der Waals surface area contributed by atoms with Crippen LogP contribution in [0.2, 0.25) is 0 Å². The Morgan fingerprint density at radius 3 is 2.57 bits per heavy atom. The molecule has 0 aliphatic carbocycles. The molecule has 3 N–H and O–H groups in total. The summed E-state index contributed by atoms with van der Waals surface area (Å²) in [5, 5.41) is 15.3. The largest absolute Gasteiger partial charge is 0.508 e. The van der Waals surface area contributed by atoms with Crippen molar-refractivity contribution >= 4 is 11.6 Å². The third-order valence-corrected chi connectivity index (χ3v) is 3.12. The Morgan fingerprint density at radius 1 is 1.19 bits per heavy atom. The molecule has 110 valence electrons. The lowest BCUT2D eigenvalue weighted by atomic mass is 10.1. The maximum atomic E-state index is 13.1. The number of phenolic OH excluding ortho intramolecular Hbond substituents is 1. The second kappa shape index (κ2) is 6.74. The zero-order chi connectivity index (χ0) is 15.2. The number of likely N-dealkylation sites (N-methyl/N-ethyl adjacent to an activating group) is 1. The van der Waals surface area contributed by atoms with Crippen molar-refractivity contribution in [3.63, 3.8) is 0 Å². The molecule has 2 rings (SSSR count). The molecule has 0 bridgehead atoms. The summed E-state index contributed by atoms with van der Waals surface area (Å²) in [6.45, 7) is 0.318. The molecule has 0 saturated heterocycles. The lowest BCUT2D eigenvalue weighted by Crippen LogP contribution is -2.19. The maximum Gasteiger partial charge on any atom is 0.224 e. The smallest absolute Gasteiger partial charge is 0.224 e. The lowest BCUT2D eigenvalue weighted by Gasteiger charge is -2.09. The van der Waals surface area contributed by atoms with Gasteiger partial charge in [0, 0.05) is 24.8 Å². The second-order valence-corrected chi connectivity index (χ2v) is 4.67. The van der Waals surface area contributed by atoms with Crippen LogP contribution in [0, 0.1) is 5.82 Å². The predicted molar refractivity (Wildman–Crippen MR) is 79.6 cm³/mol. The van der Waals surface area contributed by atoms with E-state index in [4.69, 9.17) is 0 Å². The van der Waals surface area contributed by atoms with Crippen LogP contribution in [0.4, 0.5) is 10.1 Å². The van der Waals surface area contributed by atoms with Gasteiger partial charge < -0.3 is 15.7 Å². The van der Waals surface area contributed by atoms with Gasteiger partial charge in [-0.25, -0.2) is 4.39 Å². The van der Waals surface area contributed by atoms with Crippen molar-refractivity contribution < 1.29 is 14.3 Å². The molecule has 0 radical (unpaired) electrons. The minimum absolute atomic E-state index is 0.0413. The Balaban J connectivity index is 1.97. The standard InChI is InChI=1S/C16H17FN2O2/c1-18-16(21)8-11-2-5-14(6-3-11)19-10-12-9-13(17)4-7-15(12)20/h2-7,9,19-20H,8,10H2,1H3,(H,18,21). The molecule has 0 heterocycles. The first kappa shape index (κ1) is 14.8. The number of carbonyl (C=O) groups is 1. The van der Waals surface area contributed by atoms with Gasteiger partial charge in [0.05, 0.1) is 6.42 Å². The molecule has 0 atom stereocenters. The van der Waals surface area contributed by atoms with Gasteiger partial charge in [0.2, 0.25) is 5.91 Å². The minimum atomic E-state index is -0.384. The lowest BCUT2D eigenvalue weighted by molar-refractivity contribution is -0.119. The van der Waals surface area contributed by atoms with Crippen molar-refractivity contribution in [2.45, 2.75) is 13.0 Å². The van der Waals surface area contributed by atoms with Crippen molar-refractivity contribution in [2.24, 2.45) is 0 Å². The van der Waals surface area contributed by atoms with Crippen LogP contribution < -0.4 is 10.6 Å². The van der Waals surface area contributed by atoms with Gasteiger partial charge in [0.25, 0.3) is 0 Å². The highest BCUT2D eigenvalue weighted by Crippen LogP contribution is 2.19. The fraction of sp³-hybridized carbons (Fsp3) is 0.188. The molecule has 0 saturated carbocycles. The number of benzene rings is 2. The van der Waals surface area contributed by atoms with Crippen LogP contribution in [0.25, 0.3) is 0 Å². The van der Waals surface area contributed by atoms with Crippen LogP contribution >= 0.6 is 0 Å². The summed E-state index contributed by atoms with van der Waals surface area (Å²) < 4.78 is 13.1. The average molecular weight is 288 g/mol. The van der Waals surface area contributed by atoms with E-state index >= 15 is 0 Å². The van der Waals surface area contributed by atoms with E-state index in [1.165, 1.54) is 18.2 Å². The highest BCUT2D eigenvalue weighted by molar-refractivity contribution is 5.78. The number of anilines is 1. The topological polar surface area (TPSA) is 61.4 Å². The van der Waals surface area contributed by atoms with Crippen molar-refractivity contribution in [2.75, 3.05) is 12.4 Å². The summed E-state index contributed by atoms with van der Waals surface area (Å²) >= 11 is 0. The number of halogens is 1. The monoisotopic (exact) mass is 288 g/mol. The van der Waals surface area contributed by atoms with E-state index in [0.717, 1.165) is 11.3 Å². The van der Waals surface area contributed by atoms with E-state index in [1.54, 1.807) is 7.05 Å². The van der Waals surface area contributed by atoms with Gasteiger partial charge in [-0.15, -0.1) is 0 Å². The average Bonchev–Trinajstić information content (AvgIpc) is 2.49. The quantitative estimate of drug-likeness (QED) is 0.792. The molecular formula is C16H17FN2O2. The zero-order valence-electron chi connectivity index (χ0n) is 11.7. The minimum Gasteiger partial charge on any atom is -0.508 e. The number of phenols is 1. The van der Waals surface area contributed by atoms with Crippen molar-refractivity contribution in [3.05, 3.63) is 59.4 Å². The Morgan fingerprint density at radius 2 is 1.90 bits per heavy atom. The molecular weight excluding hydrogens is 271 g/mol. The molecule has 0 aliphatic rings.